The molecule has 0 radical (unpaired) electrons. The number of hydrogen-bond acceptors (Lipinski definition) is 1. The molecule has 0 N–H and O–H groups in total. The van der Waals surface area contributed by atoms with Gasteiger partial charge in [0.05, 0.1) is 0 Å². The fraction of sp³-hybridized carbons (Fsp3) is 0.333. The van der Waals surface area contributed by atoms with Gasteiger partial charge in [0.2, 0.25) is 0 Å². The first kappa shape index (κ1) is 7.13. The molecule has 0 saturated heterocycles. The minimum absolute atomic E-state index is 0.142. The van der Waals surface area contributed by atoms with E-state index in [1.54, 1.807) is 6.07 Å². The molecule has 0 aliphatic carbocycles. The molecule has 0 amide bonds. The van der Waals surface area contributed by atoms with Crippen LogP contribution in [0, 0.1) is 20.8 Å². The lowest BCUT2D eigenvalue weighted by Crippen LogP contribution is -1.94. The average Bonchev–Trinajstić information content (AvgIpc) is 1.84. The number of benzene rings is 1. The predicted octanol–water partition coefficient (Wildman–Crippen LogP) is 1.69. The molecular formula is C9H11O-. The number of aryl methyl sites for hydroxylation is 3. The Morgan fingerprint density at radius 2 is 1.40 bits per heavy atom. The summed E-state index contributed by atoms with van der Waals surface area (Å²) < 4.78 is 0. The maximum Gasteiger partial charge on any atom is -0.0395 e. The largest absolute Gasteiger partial charge is 0.872 e. The lowest BCUT2D eigenvalue weighted by molar-refractivity contribution is -0.269. The third-order valence-electron chi connectivity index (χ3n) is 1.79. The van der Waals surface area contributed by atoms with E-state index in [1.165, 1.54) is 5.56 Å². The fourth-order valence-electron chi connectivity index (χ4n) is 0.934. The molecule has 0 aliphatic heterocycles. The monoisotopic (exact) mass is 135 g/mol. The molecule has 1 aromatic carbocycles. The Labute approximate surface area is 61.3 Å². The van der Waals surface area contributed by atoms with Crippen LogP contribution in [0.25, 0.3) is 0 Å². The summed E-state index contributed by atoms with van der Waals surface area (Å²) in [5, 5.41) is 11.0. The summed E-state index contributed by atoms with van der Waals surface area (Å²) >= 11 is 0. The topological polar surface area (TPSA) is 23.1 Å². The van der Waals surface area contributed by atoms with Crippen molar-refractivity contribution < 1.29 is 5.11 Å². The summed E-state index contributed by atoms with van der Waals surface area (Å²) in [5.41, 5.74) is 3.11. The Hall–Kier alpha value is -0.980. The average molecular weight is 135 g/mol. The minimum atomic E-state index is 0.142. The quantitative estimate of drug-likeness (QED) is 0.530. The van der Waals surface area contributed by atoms with Gasteiger partial charge in [-0.3, -0.25) is 0 Å². The van der Waals surface area contributed by atoms with Gasteiger partial charge in [0.15, 0.2) is 0 Å². The van der Waals surface area contributed by atoms with Crippen LogP contribution in [0.3, 0.4) is 0 Å². The summed E-state index contributed by atoms with van der Waals surface area (Å²) in [7, 11) is 0. The number of hydrogen-bond donors (Lipinski definition) is 0. The van der Waals surface area contributed by atoms with Crippen molar-refractivity contribution >= 4 is 0 Å². The molecule has 1 aromatic rings. The Kier molecular flexibility index (Phi) is 1.66. The van der Waals surface area contributed by atoms with Gasteiger partial charge in [-0.2, -0.15) is 0 Å². The van der Waals surface area contributed by atoms with Crippen molar-refractivity contribution in [3.8, 4) is 5.75 Å². The summed E-state index contributed by atoms with van der Waals surface area (Å²) in [6.07, 6.45) is 0. The van der Waals surface area contributed by atoms with Crippen LogP contribution in [-0.4, -0.2) is 0 Å². The first-order valence-corrected chi connectivity index (χ1v) is 3.36. The van der Waals surface area contributed by atoms with E-state index in [9.17, 15) is 5.11 Å². The van der Waals surface area contributed by atoms with Gasteiger partial charge in [-0.25, -0.2) is 0 Å². The maximum absolute atomic E-state index is 11.0. The number of rotatable bonds is 0. The van der Waals surface area contributed by atoms with Crippen LogP contribution >= 0.6 is 0 Å². The van der Waals surface area contributed by atoms with Crippen LogP contribution in [0.4, 0.5) is 0 Å². The molecule has 0 saturated carbocycles. The highest BCUT2D eigenvalue weighted by Gasteiger charge is 1.91. The van der Waals surface area contributed by atoms with Crippen molar-refractivity contribution in [2.45, 2.75) is 20.8 Å². The van der Waals surface area contributed by atoms with E-state index < -0.39 is 0 Å². The molecular weight excluding hydrogens is 124 g/mol. The van der Waals surface area contributed by atoms with Crippen LogP contribution in [0.15, 0.2) is 12.1 Å². The van der Waals surface area contributed by atoms with E-state index in [-0.39, 0.29) is 5.75 Å². The third kappa shape index (κ3) is 1.13. The van der Waals surface area contributed by atoms with E-state index in [2.05, 4.69) is 0 Å². The molecule has 0 unspecified atom stereocenters. The van der Waals surface area contributed by atoms with Gasteiger partial charge in [0.25, 0.3) is 0 Å². The highest BCUT2D eigenvalue weighted by Crippen LogP contribution is 2.17. The molecule has 0 aliphatic rings. The molecule has 0 heterocycles. The van der Waals surface area contributed by atoms with Gasteiger partial charge in [-0.1, -0.05) is 17.7 Å². The van der Waals surface area contributed by atoms with Crippen molar-refractivity contribution in [2.75, 3.05) is 0 Å². The van der Waals surface area contributed by atoms with E-state index in [4.69, 9.17) is 0 Å². The predicted molar refractivity (Wildman–Crippen MR) is 40.1 cm³/mol. The molecule has 0 bridgehead atoms. The highest BCUT2D eigenvalue weighted by atomic mass is 16.3. The van der Waals surface area contributed by atoms with Crippen molar-refractivity contribution in [3.63, 3.8) is 0 Å². The Balaban J connectivity index is 3.28. The van der Waals surface area contributed by atoms with Gasteiger partial charge in [0, 0.05) is 0 Å². The van der Waals surface area contributed by atoms with Crippen LogP contribution in [0.1, 0.15) is 16.7 Å². The molecule has 1 nitrogen and oxygen atoms in total. The van der Waals surface area contributed by atoms with Crippen LogP contribution in [-0.2, 0) is 0 Å². The zero-order valence-corrected chi connectivity index (χ0v) is 6.56. The minimum Gasteiger partial charge on any atom is -0.872 e. The molecule has 0 aromatic heterocycles. The first-order chi connectivity index (χ1) is 4.61. The summed E-state index contributed by atoms with van der Waals surface area (Å²) in [4.78, 5) is 0. The second-order valence-electron chi connectivity index (χ2n) is 2.70. The second kappa shape index (κ2) is 2.33. The first-order valence-electron chi connectivity index (χ1n) is 3.36. The van der Waals surface area contributed by atoms with Crippen LogP contribution in [0.5, 0.6) is 5.75 Å². The zero-order valence-electron chi connectivity index (χ0n) is 6.56. The highest BCUT2D eigenvalue weighted by molar-refractivity contribution is 5.38. The van der Waals surface area contributed by atoms with Gasteiger partial charge < -0.3 is 5.11 Å². The van der Waals surface area contributed by atoms with Crippen molar-refractivity contribution in [3.05, 3.63) is 28.8 Å². The zero-order chi connectivity index (χ0) is 7.72. The van der Waals surface area contributed by atoms with Gasteiger partial charge in [0.1, 0.15) is 0 Å². The molecule has 0 spiro atoms. The maximum atomic E-state index is 11.0. The van der Waals surface area contributed by atoms with Crippen molar-refractivity contribution in [1.82, 2.24) is 0 Å². The van der Waals surface area contributed by atoms with E-state index in [0.29, 0.717) is 0 Å². The standard InChI is InChI=1S/C9H12O/c1-6-4-8(3)9(10)5-7(6)2/h4-5,10H,1-3H3/p-1. The molecule has 54 valence electrons. The lowest BCUT2D eigenvalue weighted by atomic mass is 10.1. The third-order valence-corrected chi connectivity index (χ3v) is 1.79. The molecule has 0 fully saturated rings. The molecule has 1 rings (SSSR count). The van der Waals surface area contributed by atoms with Crippen LogP contribution < -0.4 is 5.11 Å². The summed E-state index contributed by atoms with van der Waals surface area (Å²) in [6, 6.07) is 3.61. The lowest BCUT2D eigenvalue weighted by Gasteiger charge is -2.12. The summed E-state index contributed by atoms with van der Waals surface area (Å²) in [5.74, 6) is 0.142. The van der Waals surface area contributed by atoms with E-state index >= 15 is 0 Å². The van der Waals surface area contributed by atoms with E-state index in [1.807, 2.05) is 26.8 Å². The van der Waals surface area contributed by atoms with Gasteiger partial charge in [-0.05, 0) is 31.9 Å². The van der Waals surface area contributed by atoms with Crippen LogP contribution in [0.2, 0.25) is 0 Å². The van der Waals surface area contributed by atoms with Gasteiger partial charge >= 0.3 is 0 Å². The van der Waals surface area contributed by atoms with Crippen molar-refractivity contribution in [1.29, 1.82) is 0 Å². The molecule has 10 heavy (non-hydrogen) atoms. The Bertz CT molecular complexity index is 201. The normalized spacial score (nSPS) is 9.90. The SMILES string of the molecule is Cc1cc(C)c([O-])cc1C. The molecule has 0 atom stereocenters. The molecule has 1 heteroatoms. The Morgan fingerprint density at radius 3 is 1.90 bits per heavy atom. The van der Waals surface area contributed by atoms with Crippen molar-refractivity contribution in [2.24, 2.45) is 0 Å². The second-order valence-corrected chi connectivity index (χ2v) is 2.70. The fourth-order valence-corrected chi connectivity index (χ4v) is 0.934. The van der Waals surface area contributed by atoms with E-state index in [0.717, 1.165) is 11.1 Å². The summed E-state index contributed by atoms with van der Waals surface area (Å²) in [6.45, 7) is 5.81. The van der Waals surface area contributed by atoms with Gasteiger partial charge in [-0.15, -0.1) is 5.75 Å². The Morgan fingerprint density at radius 1 is 0.900 bits per heavy atom. The smallest absolute Gasteiger partial charge is 0.0395 e.